The van der Waals surface area contributed by atoms with Crippen molar-refractivity contribution in [3.63, 3.8) is 0 Å². The minimum absolute atomic E-state index is 0.0660. The van der Waals surface area contributed by atoms with E-state index in [2.05, 4.69) is 0 Å². The Balaban J connectivity index is 1.93. The molecule has 2 heterocycles. The van der Waals surface area contributed by atoms with E-state index in [0.717, 1.165) is 13.0 Å². The molecule has 0 aromatic heterocycles. The number of methoxy groups -OCH3 is 1. The van der Waals surface area contributed by atoms with Gasteiger partial charge in [0, 0.05) is 33.4 Å². The van der Waals surface area contributed by atoms with Gasteiger partial charge < -0.3 is 19.5 Å². The maximum Gasteiger partial charge on any atom is 0.311 e. The van der Waals surface area contributed by atoms with E-state index in [-0.39, 0.29) is 5.91 Å². The Morgan fingerprint density at radius 2 is 2.00 bits per heavy atom. The highest BCUT2D eigenvalue weighted by Gasteiger charge is 2.42. The maximum absolute atomic E-state index is 12.3. The first-order valence-corrected chi connectivity index (χ1v) is 7.88. The van der Waals surface area contributed by atoms with Gasteiger partial charge in [0.05, 0.1) is 25.2 Å². The van der Waals surface area contributed by atoms with Crippen LogP contribution in [0.5, 0.6) is 0 Å². The molecule has 7 heteroatoms. The summed E-state index contributed by atoms with van der Waals surface area (Å²) in [5, 5.41) is 9.62. The highest BCUT2D eigenvalue weighted by atomic mass is 16.5. The van der Waals surface area contributed by atoms with Crippen molar-refractivity contribution in [3.8, 4) is 0 Å². The predicted molar refractivity (Wildman–Crippen MR) is 79.6 cm³/mol. The standard InChI is InChI=1S/C15H26N2O5/c1-21-8-4-15(14(19)20)3-2-5-16(12-15)11-13(18)17-6-9-22-10-7-17/h2-12H2,1H3,(H,19,20)/t15-/m0/s1. The first kappa shape index (κ1) is 17.2. The SMILES string of the molecule is COCC[C@@]1(C(=O)O)CCCN(CC(=O)N2CCOCC2)C1. The Kier molecular flexibility index (Phi) is 6.16. The molecule has 0 aliphatic carbocycles. The summed E-state index contributed by atoms with van der Waals surface area (Å²) in [6, 6.07) is 0. The van der Waals surface area contributed by atoms with Crippen LogP contribution in [0.4, 0.5) is 0 Å². The van der Waals surface area contributed by atoms with E-state index in [9.17, 15) is 14.7 Å². The second-order valence-corrected chi connectivity index (χ2v) is 6.14. The molecule has 0 aromatic carbocycles. The minimum atomic E-state index is -0.792. The van der Waals surface area contributed by atoms with E-state index in [4.69, 9.17) is 9.47 Å². The third kappa shape index (κ3) is 4.18. The molecule has 2 aliphatic heterocycles. The van der Waals surface area contributed by atoms with Gasteiger partial charge in [0.1, 0.15) is 0 Å². The van der Waals surface area contributed by atoms with E-state index in [1.54, 1.807) is 12.0 Å². The average molecular weight is 314 g/mol. The Morgan fingerprint density at radius 1 is 1.27 bits per heavy atom. The summed E-state index contributed by atoms with van der Waals surface area (Å²) in [6.07, 6.45) is 1.93. The lowest BCUT2D eigenvalue weighted by Gasteiger charge is -2.40. The molecule has 0 radical (unpaired) electrons. The summed E-state index contributed by atoms with van der Waals surface area (Å²) in [6.45, 7) is 4.33. The van der Waals surface area contributed by atoms with Crippen LogP contribution in [-0.2, 0) is 19.1 Å². The van der Waals surface area contributed by atoms with Gasteiger partial charge in [-0.1, -0.05) is 0 Å². The number of carboxylic acids is 1. The van der Waals surface area contributed by atoms with E-state index < -0.39 is 11.4 Å². The van der Waals surface area contributed by atoms with Crippen molar-refractivity contribution in [1.29, 1.82) is 0 Å². The smallest absolute Gasteiger partial charge is 0.311 e. The zero-order chi connectivity index (χ0) is 16.0. The van der Waals surface area contributed by atoms with Crippen LogP contribution in [0.3, 0.4) is 0 Å². The Labute approximate surface area is 131 Å². The van der Waals surface area contributed by atoms with E-state index in [0.29, 0.717) is 58.8 Å². The quantitative estimate of drug-likeness (QED) is 0.746. The predicted octanol–water partition coefficient (Wildman–Crippen LogP) is 0.0485. The highest BCUT2D eigenvalue weighted by molar-refractivity contribution is 5.79. The van der Waals surface area contributed by atoms with Crippen LogP contribution < -0.4 is 0 Å². The Hall–Kier alpha value is -1.18. The third-order valence-electron chi connectivity index (χ3n) is 4.62. The molecule has 2 rings (SSSR count). The average Bonchev–Trinajstić information content (AvgIpc) is 2.54. The molecule has 1 atom stereocenters. The van der Waals surface area contributed by atoms with Crippen LogP contribution >= 0.6 is 0 Å². The fourth-order valence-corrected chi connectivity index (χ4v) is 3.25. The molecular weight excluding hydrogens is 288 g/mol. The van der Waals surface area contributed by atoms with Gasteiger partial charge in [0.25, 0.3) is 0 Å². The first-order chi connectivity index (χ1) is 10.6. The van der Waals surface area contributed by atoms with Gasteiger partial charge in [-0.25, -0.2) is 0 Å². The van der Waals surface area contributed by atoms with Gasteiger partial charge in [-0.15, -0.1) is 0 Å². The van der Waals surface area contributed by atoms with Crippen molar-refractivity contribution in [3.05, 3.63) is 0 Å². The Bertz CT molecular complexity index is 397. The number of carboxylic acid groups (broad SMARTS) is 1. The molecule has 0 unspecified atom stereocenters. The molecule has 126 valence electrons. The number of carbonyl (C=O) groups is 2. The summed E-state index contributed by atoms with van der Waals surface area (Å²) in [5.74, 6) is -0.718. The molecule has 0 spiro atoms. The number of hydrogen-bond donors (Lipinski definition) is 1. The van der Waals surface area contributed by atoms with Gasteiger partial charge in [0.2, 0.25) is 5.91 Å². The molecule has 2 aliphatic rings. The number of rotatable bonds is 6. The van der Waals surface area contributed by atoms with Gasteiger partial charge in [-0.2, -0.15) is 0 Å². The number of aliphatic carboxylic acids is 1. The molecule has 2 saturated heterocycles. The van der Waals surface area contributed by atoms with Crippen molar-refractivity contribution in [2.24, 2.45) is 5.41 Å². The highest BCUT2D eigenvalue weighted by Crippen LogP contribution is 2.34. The zero-order valence-electron chi connectivity index (χ0n) is 13.3. The van der Waals surface area contributed by atoms with Crippen molar-refractivity contribution >= 4 is 11.9 Å². The fourth-order valence-electron chi connectivity index (χ4n) is 3.25. The summed E-state index contributed by atoms with van der Waals surface area (Å²) in [7, 11) is 1.58. The van der Waals surface area contributed by atoms with E-state index in [1.807, 2.05) is 4.90 Å². The second kappa shape index (κ2) is 7.89. The summed E-state index contributed by atoms with van der Waals surface area (Å²) in [4.78, 5) is 27.8. The van der Waals surface area contributed by atoms with Crippen LogP contribution in [0.2, 0.25) is 0 Å². The molecule has 2 fully saturated rings. The number of ether oxygens (including phenoxy) is 2. The number of amides is 1. The van der Waals surface area contributed by atoms with Crippen molar-refractivity contribution in [2.75, 3.05) is 59.7 Å². The van der Waals surface area contributed by atoms with Crippen molar-refractivity contribution in [2.45, 2.75) is 19.3 Å². The van der Waals surface area contributed by atoms with Crippen LogP contribution in [0.1, 0.15) is 19.3 Å². The Morgan fingerprint density at radius 3 is 2.64 bits per heavy atom. The first-order valence-electron chi connectivity index (χ1n) is 7.88. The van der Waals surface area contributed by atoms with E-state index >= 15 is 0 Å². The normalized spacial score (nSPS) is 26.9. The zero-order valence-corrected chi connectivity index (χ0v) is 13.3. The minimum Gasteiger partial charge on any atom is -0.481 e. The third-order valence-corrected chi connectivity index (χ3v) is 4.62. The molecule has 22 heavy (non-hydrogen) atoms. The number of carbonyl (C=O) groups excluding carboxylic acids is 1. The molecule has 0 bridgehead atoms. The number of morpholine rings is 1. The van der Waals surface area contributed by atoms with Crippen LogP contribution in [0.15, 0.2) is 0 Å². The van der Waals surface area contributed by atoms with Gasteiger partial charge >= 0.3 is 5.97 Å². The fraction of sp³-hybridized carbons (Fsp3) is 0.867. The number of likely N-dealkylation sites (tertiary alicyclic amines) is 1. The lowest BCUT2D eigenvalue weighted by atomic mass is 9.77. The second-order valence-electron chi connectivity index (χ2n) is 6.14. The van der Waals surface area contributed by atoms with Crippen LogP contribution in [0, 0.1) is 5.41 Å². The van der Waals surface area contributed by atoms with Crippen molar-refractivity contribution < 1.29 is 24.2 Å². The van der Waals surface area contributed by atoms with Crippen LogP contribution in [0.25, 0.3) is 0 Å². The van der Waals surface area contributed by atoms with Gasteiger partial charge in [0.15, 0.2) is 0 Å². The molecule has 1 N–H and O–H groups in total. The largest absolute Gasteiger partial charge is 0.481 e. The van der Waals surface area contributed by atoms with Gasteiger partial charge in [-0.05, 0) is 25.8 Å². The molecule has 0 saturated carbocycles. The lowest BCUT2D eigenvalue weighted by molar-refractivity contribution is -0.155. The number of nitrogens with zero attached hydrogens (tertiary/aromatic N) is 2. The van der Waals surface area contributed by atoms with Crippen LogP contribution in [-0.4, -0.2) is 86.4 Å². The molecule has 0 aromatic rings. The molecular formula is C15H26N2O5. The van der Waals surface area contributed by atoms with E-state index in [1.165, 1.54) is 0 Å². The number of piperidine rings is 1. The summed E-state index contributed by atoms with van der Waals surface area (Å²) >= 11 is 0. The summed E-state index contributed by atoms with van der Waals surface area (Å²) < 4.78 is 10.3. The van der Waals surface area contributed by atoms with Gasteiger partial charge in [-0.3, -0.25) is 14.5 Å². The van der Waals surface area contributed by atoms with Crippen molar-refractivity contribution in [1.82, 2.24) is 9.80 Å². The molecule has 1 amide bonds. The molecule has 7 nitrogen and oxygen atoms in total. The number of hydrogen-bond acceptors (Lipinski definition) is 5. The maximum atomic E-state index is 12.3. The monoisotopic (exact) mass is 314 g/mol. The lowest BCUT2D eigenvalue weighted by Crippen LogP contribution is -2.52. The topological polar surface area (TPSA) is 79.3 Å². The summed E-state index contributed by atoms with van der Waals surface area (Å²) in [5.41, 5.74) is -0.792.